The first kappa shape index (κ1) is 12.5. The van der Waals surface area contributed by atoms with E-state index in [1.54, 1.807) is 4.90 Å². The maximum atomic E-state index is 12.1. The number of rotatable bonds is 6. The molecule has 0 unspecified atom stereocenters. The van der Waals surface area contributed by atoms with Gasteiger partial charge in [-0.3, -0.25) is 9.18 Å². The summed E-state index contributed by atoms with van der Waals surface area (Å²) in [5.41, 5.74) is 1.94. The number of anilines is 1. The molecule has 0 saturated carbocycles. The molecule has 4 heteroatoms. The Morgan fingerprint density at radius 1 is 1.38 bits per heavy atom. The molecule has 88 valence electrons. The Balaban J connectivity index is 2.74. The fraction of sp³-hybridized carbons (Fsp3) is 0.417. The Kier molecular flexibility index (Phi) is 4.76. The lowest BCUT2D eigenvalue weighted by Gasteiger charge is -2.22. The van der Waals surface area contributed by atoms with Gasteiger partial charge >= 0.3 is 5.97 Å². The fourth-order valence-electron chi connectivity index (χ4n) is 1.47. The molecule has 1 N–H and O–H groups in total. The van der Waals surface area contributed by atoms with Crippen LogP contribution in [0.15, 0.2) is 24.3 Å². The van der Waals surface area contributed by atoms with Gasteiger partial charge in [0, 0.05) is 12.2 Å². The predicted octanol–water partition coefficient (Wildman–Crippen LogP) is 2.25. The Labute approximate surface area is 94.5 Å². The van der Waals surface area contributed by atoms with E-state index in [1.807, 2.05) is 31.2 Å². The largest absolute Gasteiger partial charge is 0.480 e. The summed E-state index contributed by atoms with van der Waals surface area (Å²) in [5, 5.41) is 8.76. The lowest BCUT2D eigenvalue weighted by atomic mass is 10.2. The van der Waals surface area contributed by atoms with E-state index >= 15 is 0 Å². The Morgan fingerprint density at radius 3 is 2.50 bits per heavy atom. The van der Waals surface area contributed by atoms with Gasteiger partial charge in [0.2, 0.25) is 0 Å². The molecule has 3 nitrogen and oxygen atoms in total. The summed E-state index contributed by atoms with van der Waals surface area (Å²) in [6.07, 6.45) is 0.348. The molecule has 0 spiro atoms. The number of aryl methyl sites for hydroxylation is 1. The van der Waals surface area contributed by atoms with E-state index in [0.717, 1.165) is 11.3 Å². The van der Waals surface area contributed by atoms with Crippen LogP contribution in [-0.2, 0) is 4.79 Å². The van der Waals surface area contributed by atoms with Crippen molar-refractivity contribution in [3.63, 3.8) is 0 Å². The van der Waals surface area contributed by atoms with Gasteiger partial charge in [-0.2, -0.15) is 0 Å². The molecule has 0 atom stereocenters. The summed E-state index contributed by atoms with van der Waals surface area (Å²) in [6, 6.07) is 7.55. The zero-order chi connectivity index (χ0) is 12.0. The summed E-state index contributed by atoms with van der Waals surface area (Å²) in [7, 11) is 0. The van der Waals surface area contributed by atoms with Crippen LogP contribution < -0.4 is 4.90 Å². The molecule has 0 aliphatic carbocycles. The van der Waals surface area contributed by atoms with E-state index in [2.05, 4.69) is 0 Å². The third-order valence-corrected chi connectivity index (χ3v) is 2.29. The zero-order valence-electron chi connectivity index (χ0n) is 9.32. The van der Waals surface area contributed by atoms with E-state index in [1.165, 1.54) is 0 Å². The molecule has 0 aromatic heterocycles. The van der Waals surface area contributed by atoms with E-state index in [9.17, 15) is 9.18 Å². The molecule has 0 amide bonds. The van der Waals surface area contributed by atoms with Crippen molar-refractivity contribution in [3.05, 3.63) is 29.8 Å². The van der Waals surface area contributed by atoms with E-state index < -0.39 is 12.6 Å². The molecule has 1 aromatic rings. The topological polar surface area (TPSA) is 40.5 Å². The van der Waals surface area contributed by atoms with Gasteiger partial charge in [-0.05, 0) is 25.5 Å². The highest BCUT2D eigenvalue weighted by molar-refractivity contribution is 5.73. The summed E-state index contributed by atoms with van der Waals surface area (Å²) < 4.78 is 12.1. The maximum Gasteiger partial charge on any atom is 0.323 e. The molecule has 0 aliphatic rings. The summed E-state index contributed by atoms with van der Waals surface area (Å²) in [6.45, 7) is 1.86. The average molecular weight is 225 g/mol. The highest BCUT2D eigenvalue weighted by atomic mass is 19.1. The van der Waals surface area contributed by atoms with Gasteiger partial charge in [0.05, 0.1) is 6.67 Å². The number of hydrogen-bond donors (Lipinski definition) is 1. The number of carbonyl (C=O) groups is 1. The molecule has 0 bridgehead atoms. The lowest BCUT2D eigenvalue weighted by molar-refractivity contribution is -0.135. The number of halogens is 1. The average Bonchev–Trinajstić information content (AvgIpc) is 2.25. The van der Waals surface area contributed by atoms with Gasteiger partial charge < -0.3 is 10.0 Å². The van der Waals surface area contributed by atoms with Gasteiger partial charge in [0.25, 0.3) is 0 Å². The number of benzene rings is 1. The van der Waals surface area contributed by atoms with Crippen molar-refractivity contribution in [2.45, 2.75) is 13.3 Å². The highest BCUT2D eigenvalue weighted by Gasteiger charge is 2.09. The number of carboxylic acids is 1. The predicted molar refractivity (Wildman–Crippen MR) is 61.6 cm³/mol. The smallest absolute Gasteiger partial charge is 0.323 e. The number of carboxylic acid groups (broad SMARTS) is 1. The number of nitrogens with zero attached hydrogens (tertiary/aromatic N) is 1. The van der Waals surface area contributed by atoms with Crippen molar-refractivity contribution < 1.29 is 14.3 Å². The van der Waals surface area contributed by atoms with Crippen LogP contribution in [0.2, 0.25) is 0 Å². The minimum atomic E-state index is -0.903. The van der Waals surface area contributed by atoms with Gasteiger partial charge in [-0.1, -0.05) is 17.7 Å². The van der Waals surface area contributed by atoms with Crippen molar-refractivity contribution in [3.8, 4) is 0 Å². The minimum Gasteiger partial charge on any atom is -0.480 e. The number of alkyl halides is 1. The van der Waals surface area contributed by atoms with Crippen molar-refractivity contribution in [2.24, 2.45) is 0 Å². The standard InChI is InChI=1S/C12H16FNO2/c1-10-3-5-11(6-4-10)14(8-2-7-13)9-12(15)16/h3-6H,2,7-9H2,1H3,(H,15,16). The Morgan fingerprint density at radius 2 is 2.00 bits per heavy atom. The van der Waals surface area contributed by atoms with Crippen LogP contribution in [0, 0.1) is 6.92 Å². The fourth-order valence-corrected chi connectivity index (χ4v) is 1.47. The van der Waals surface area contributed by atoms with Crippen LogP contribution in [0.4, 0.5) is 10.1 Å². The molecule has 0 aliphatic heterocycles. The third kappa shape index (κ3) is 3.88. The normalized spacial score (nSPS) is 10.1. The Bertz CT molecular complexity index is 337. The van der Waals surface area contributed by atoms with E-state index in [-0.39, 0.29) is 6.54 Å². The molecule has 16 heavy (non-hydrogen) atoms. The second-order valence-electron chi connectivity index (χ2n) is 3.69. The molecule has 1 rings (SSSR count). The summed E-state index contributed by atoms with van der Waals surface area (Å²) >= 11 is 0. The molecule has 0 radical (unpaired) electrons. The van der Waals surface area contributed by atoms with E-state index in [0.29, 0.717) is 13.0 Å². The van der Waals surface area contributed by atoms with Crippen LogP contribution in [0.1, 0.15) is 12.0 Å². The minimum absolute atomic E-state index is 0.0942. The molecule has 0 saturated heterocycles. The van der Waals surface area contributed by atoms with Gasteiger partial charge in [-0.25, -0.2) is 0 Å². The summed E-state index contributed by atoms with van der Waals surface area (Å²) in [5.74, 6) is -0.903. The molecular weight excluding hydrogens is 209 g/mol. The van der Waals surface area contributed by atoms with Crippen molar-refractivity contribution in [2.75, 3.05) is 24.7 Å². The van der Waals surface area contributed by atoms with Crippen molar-refractivity contribution in [1.82, 2.24) is 0 Å². The first-order valence-electron chi connectivity index (χ1n) is 5.23. The quantitative estimate of drug-likeness (QED) is 0.807. The molecule has 0 fully saturated rings. The van der Waals surface area contributed by atoms with Crippen LogP contribution >= 0.6 is 0 Å². The van der Waals surface area contributed by atoms with Crippen LogP contribution in [0.5, 0.6) is 0 Å². The maximum absolute atomic E-state index is 12.1. The second-order valence-corrected chi connectivity index (χ2v) is 3.69. The van der Waals surface area contributed by atoms with Crippen LogP contribution in [0.25, 0.3) is 0 Å². The van der Waals surface area contributed by atoms with Gasteiger partial charge in [-0.15, -0.1) is 0 Å². The lowest BCUT2D eigenvalue weighted by Crippen LogP contribution is -2.30. The van der Waals surface area contributed by atoms with Gasteiger partial charge in [0.1, 0.15) is 6.54 Å². The SMILES string of the molecule is Cc1ccc(N(CCCF)CC(=O)O)cc1. The molecule has 1 aromatic carbocycles. The second kappa shape index (κ2) is 6.10. The van der Waals surface area contributed by atoms with Crippen molar-refractivity contribution in [1.29, 1.82) is 0 Å². The van der Waals surface area contributed by atoms with Crippen molar-refractivity contribution >= 4 is 11.7 Å². The number of hydrogen-bond acceptors (Lipinski definition) is 2. The monoisotopic (exact) mass is 225 g/mol. The summed E-state index contributed by atoms with van der Waals surface area (Å²) in [4.78, 5) is 12.3. The van der Waals surface area contributed by atoms with E-state index in [4.69, 9.17) is 5.11 Å². The molecule has 0 heterocycles. The van der Waals surface area contributed by atoms with Crippen LogP contribution in [-0.4, -0.2) is 30.8 Å². The first-order chi connectivity index (χ1) is 7.63. The third-order valence-electron chi connectivity index (χ3n) is 2.29. The molecular formula is C12H16FNO2. The number of aliphatic carboxylic acids is 1. The van der Waals surface area contributed by atoms with Gasteiger partial charge in [0.15, 0.2) is 0 Å². The first-order valence-corrected chi connectivity index (χ1v) is 5.23. The highest BCUT2D eigenvalue weighted by Crippen LogP contribution is 2.15. The van der Waals surface area contributed by atoms with Crippen LogP contribution in [0.3, 0.4) is 0 Å². The zero-order valence-corrected chi connectivity index (χ0v) is 9.32. The Hall–Kier alpha value is -1.58.